The molecule has 1 unspecified atom stereocenters. The fourth-order valence-corrected chi connectivity index (χ4v) is 3.35. The standard InChI is InChI=1S/C22H21F3N2O3S/c1-3-31(28)27-20-12-17(13-26-21(20)29-2)16-7-5-9-19(11-16)30-14-15-6-4-8-18(10-15)22(23,24)25/h4-13,27H,3,14H2,1-2H3. The summed E-state index contributed by atoms with van der Waals surface area (Å²) in [5.41, 5.74) is 1.72. The summed E-state index contributed by atoms with van der Waals surface area (Å²) in [4.78, 5) is 4.25. The van der Waals surface area contributed by atoms with E-state index in [1.165, 1.54) is 13.2 Å². The van der Waals surface area contributed by atoms with E-state index in [0.717, 1.165) is 23.3 Å². The summed E-state index contributed by atoms with van der Waals surface area (Å²) < 4.78 is 64.3. The van der Waals surface area contributed by atoms with E-state index in [2.05, 4.69) is 9.71 Å². The van der Waals surface area contributed by atoms with Crippen LogP contribution in [0.25, 0.3) is 11.1 Å². The van der Waals surface area contributed by atoms with Crippen molar-refractivity contribution in [1.82, 2.24) is 4.98 Å². The van der Waals surface area contributed by atoms with E-state index in [1.54, 1.807) is 43.5 Å². The quantitative estimate of drug-likeness (QED) is 0.496. The first-order chi connectivity index (χ1) is 14.8. The molecule has 1 atom stereocenters. The smallest absolute Gasteiger partial charge is 0.416 e. The first-order valence-electron chi connectivity index (χ1n) is 9.38. The molecule has 1 heterocycles. The van der Waals surface area contributed by atoms with Crippen LogP contribution in [0.4, 0.5) is 18.9 Å². The van der Waals surface area contributed by atoms with Gasteiger partial charge in [-0.05, 0) is 41.5 Å². The number of alkyl halides is 3. The van der Waals surface area contributed by atoms with E-state index in [-0.39, 0.29) is 6.61 Å². The van der Waals surface area contributed by atoms with Crippen LogP contribution >= 0.6 is 0 Å². The molecule has 0 amide bonds. The molecule has 0 fully saturated rings. The molecule has 5 nitrogen and oxygen atoms in total. The molecule has 31 heavy (non-hydrogen) atoms. The number of hydrogen-bond donors (Lipinski definition) is 1. The summed E-state index contributed by atoms with van der Waals surface area (Å²) >= 11 is 0. The molecular weight excluding hydrogens is 429 g/mol. The Morgan fingerprint density at radius 3 is 2.55 bits per heavy atom. The number of nitrogens with zero attached hydrogens (tertiary/aromatic N) is 1. The van der Waals surface area contributed by atoms with Crippen molar-refractivity contribution in [3.63, 3.8) is 0 Å². The lowest BCUT2D eigenvalue weighted by Crippen LogP contribution is -2.08. The third-order valence-electron chi connectivity index (χ3n) is 4.36. The summed E-state index contributed by atoms with van der Waals surface area (Å²) in [5.74, 6) is 1.24. The second-order valence-corrected chi connectivity index (χ2v) is 8.00. The van der Waals surface area contributed by atoms with Crippen molar-refractivity contribution in [1.29, 1.82) is 0 Å². The van der Waals surface area contributed by atoms with Gasteiger partial charge >= 0.3 is 6.18 Å². The van der Waals surface area contributed by atoms with Crippen LogP contribution in [0.15, 0.2) is 60.8 Å². The van der Waals surface area contributed by atoms with Crippen LogP contribution in [-0.2, 0) is 23.8 Å². The van der Waals surface area contributed by atoms with Gasteiger partial charge in [-0.15, -0.1) is 0 Å². The zero-order valence-electron chi connectivity index (χ0n) is 16.9. The van der Waals surface area contributed by atoms with Gasteiger partial charge in [0.1, 0.15) is 29.0 Å². The summed E-state index contributed by atoms with van der Waals surface area (Å²) in [5, 5.41) is 0. The molecule has 0 bridgehead atoms. The summed E-state index contributed by atoms with van der Waals surface area (Å²) in [6.45, 7) is 1.79. The van der Waals surface area contributed by atoms with Crippen molar-refractivity contribution in [2.45, 2.75) is 19.7 Å². The molecule has 164 valence electrons. The first kappa shape index (κ1) is 22.6. The zero-order chi connectivity index (χ0) is 22.4. The van der Waals surface area contributed by atoms with Gasteiger partial charge in [0.05, 0.1) is 12.7 Å². The Balaban J connectivity index is 1.79. The molecular formula is C22H21F3N2O3S. The number of rotatable bonds is 8. The Kier molecular flexibility index (Phi) is 7.17. The Morgan fingerprint density at radius 2 is 1.84 bits per heavy atom. The second-order valence-electron chi connectivity index (χ2n) is 6.53. The van der Waals surface area contributed by atoms with Crippen molar-refractivity contribution in [3.8, 4) is 22.8 Å². The molecule has 0 radical (unpaired) electrons. The minimum Gasteiger partial charge on any atom is -0.489 e. The molecule has 0 saturated carbocycles. The molecule has 0 aliphatic carbocycles. The molecule has 0 spiro atoms. The lowest BCUT2D eigenvalue weighted by Gasteiger charge is -2.12. The number of hydrogen-bond acceptors (Lipinski definition) is 4. The highest BCUT2D eigenvalue weighted by Gasteiger charge is 2.30. The molecule has 1 N–H and O–H groups in total. The minimum atomic E-state index is -4.40. The van der Waals surface area contributed by atoms with Crippen LogP contribution in [0.5, 0.6) is 11.6 Å². The number of pyridine rings is 1. The highest BCUT2D eigenvalue weighted by molar-refractivity contribution is 7.86. The van der Waals surface area contributed by atoms with Gasteiger partial charge in [-0.25, -0.2) is 9.19 Å². The van der Waals surface area contributed by atoms with Gasteiger partial charge in [0, 0.05) is 17.5 Å². The van der Waals surface area contributed by atoms with Crippen LogP contribution in [0, 0.1) is 0 Å². The first-order valence-corrected chi connectivity index (χ1v) is 10.7. The van der Waals surface area contributed by atoms with E-state index in [9.17, 15) is 17.4 Å². The van der Waals surface area contributed by atoms with E-state index < -0.39 is 22.7 Å². The fourth-order valence-electron chi connectivity index (χ4n) is 2.81. The predicted octanol–water partition coefficient (Wildman–Crippen LogP) is 5.45. The molecule has 1 aromatic heterocycles. The Hall–Kier alpha value is -3.07. The zero-order valence-corrected chi connectivity index (χ0v) is 17.7. The van der Waals surface area contributed by atoms with E-state index >= 15 is 0 Å². The lowest BCUT2D eigenvalue weighted by molar-refractivity contribution is -0.137. The highest BCUT2D eigenvalue weighted by Crippen LogP contribution is 2.31. The summed E-state index contributed by atoms with van der Waals surface area (Å²) in [6.07, 6.45) is -2.78. The monoisotopic (exact) mass is 450 g/mol. The third kappa shape index (κ3) is 5.97. The van der Waals surface area contributed by atoms with Gasteiger partial charge in [0.15, 0.2) is 0 Å². The largest absolute Gasteiger partial charge is 0.489 e. The SMILES string of the molecule is CCS(=O)Nc1cc(-c2cccc(OCc3cccc(C(F)(F)F)c3)c2)cnc1OC. The maximum atomic E-state index is 12.9. The Morgan fingerprint density at radius 1 is 1.06 bits per heavy atom. The molecule has 2 aromatic carbocycles. The number of aromatic nitrogens is 1. The highest BCUT2D eigenvalue weighted by atomic mass is 32.2. The molecule has 9 heteroatoms. The fraction of sp³-hybridized carbons (Fsp3) is 0.227. The van der Waals surface area contributed by atoms with Gasteiger partial charge in [-0.2, -0.15) is 13.2 Å². The van der Waals surface area contributed by atoms with Crippen molar-refractivity contribution in [3.05, 3.63) is 71.9 Å². The number of anilines is 1. The number of halogens is 3. The lowest BCUT2D eigenvalue weighted by atomic mass is 10.1. The van der Waals surface area contributed by atoms with E-state index in [1.807, 2.05) is 6.07 Å². The molecule has 0 aliphatic heterocycles. The number of methoxy groups -OCH3 is 1. The third-order valence-corrected chi connectivity index (χ3v) is 5.33. The molecule has 3 rings (SSSR count). The summed E-state index contributed by atoms with van der Waals surface area (Å²) in [6, 6.07) is 13.9. The number of nitrogens with one attached hydrogen (secondary N) is 1. The molecule has 0 saturated heterocycles. The predicted molar refractivity (Wildman–Crippen MR) is 114 cm³/mol. The van der Waals surface area contributed by atoms with Gasteiger partial charge in [-0.1, -0.05) is 31.2 Å². The van der Waals surface area contributed by atoms with Crippen molar-refractivity contribution >= 4 is 16.7 Å². The van der Waals surface area contributed by atoms with Gasteiger partial charge < -0.3 is 14.2 Å². The van der Waals surface area contributed by atoms with E-state index in [4.69, 9.17) is 9.47 Å². The average molecular weight is 450 g/mol. The molecule has 3 aromatic rings. The Labute approximate surface area is 180 Å². The van der Waals surface area contributed by atoms with Crippen LogP contribution < -0.4 is 14.2 Å². The average Bonchev–Trinajstić information content (AvgIpc) is 2.77. The van der Waals surface area contributed by atoms with Gasteiger partial charge in [0.2, 0.25) is 5.88 Å². The van der Waals surface area contributed by atoms with Crippen molar-refractivity contribution in [2.75, 3.05) is 17.6 Å². The Bertz CT molecular complexity index is 1070. The van der Waals surface area contributed by atoms with Crippen molar-refractivity contribution in [2.24, 2.45) is 0 Å². The van der Waals surface area contributed by atoms with E-state index in [0.29, 0.717) is 28.6 Å². The van der Waals surface area contributed by atoms with Crippen LogP contribution in [-0.4, -0.2) is 22.1 Å². The minimum absolute atomic E-state index is 0.00345. The maximum Gasteiger partial charge on any atom is 0.416 e. The molecule has 0 aliphatic rings. The number of ether oxygens (including phenoxy) is 2. The number of benzene rings is 2. The van der Waals surface area contributed by atoms with Crippen LogP contribution in [0.1, 0.15) is 18.1 Å². The van der Waals surface area contributed by atoms with Crippen LogP contribution in [0.2, 0.25) is 0 Å². The maximum absolute atomic E-state index is 12.9. The van der Waals surface area contributed by atoms with Gasteiger partial charge in [-0.3, -0.25) is 0 Å². The normalized spacial score (nSPS) is 12.3. The second kappa shape index (κ2) is 9.82. The topological polar surface area (TPSA) is 60.5 Å². The van der Waals surface area contributed by atoms with Crippen molar-refractivity contribution < 1.29 is 26.9 Å². The van der Waals surface area contributed by atoms with Gasteiger partial charge in [0.25, 0.3) is 0 Å². The summed E-state index contributed by atoms with van der Waals surface area (Å²) in [7, 11) is 0.210. The van der Waals surface area contributed by atoms with Crippen LogP contribution in [0.3, 0.4) is 0 Å².